The zero-order valence-electron chi connectivity index (χ0n) is 5.88. The van der Waals surface area contributed by atoms with Gasteiger partial charge in [-0.25, -0.2) is 4.98 Å². The number of aliphatic hydroxyl groups excluding tert-OH is 1. The van der Waals surface area contributed by atoms with Crippen LogP contribution in [0.1, 0.15) is 18.6 Å². The van der Waals surface area contributed by atoms with Crippen LogP contribution in [0.15, 0.2) is 21.3 Å². The minimum Gasteiger partial charge on any atom is -0.389 e. The summed E-state index contributed by atoms with van der Waals surface area (Å²) in [6.45, 7) is 1.70. The summed E-state index contributed by atoms with van der Waals surface area (Å²) in [4.78, 5) is 4.01. The van der Waals surface area contributed by atoms with Gasteiger partial charge in [-0.2, -0.15) is 0 Å². The maximum Gasteiger partial charge on any atom is 0.111 e. The van der Waals surface area contributed by atoms with Crippen molar-refractivity contribution in [3.8, 4) is 0 Å². The molecular formula is C7H7Br2NO. The summed E-state index contributed by atoms with van der Waals surface area (Å²) < 4.78 is 1.56. The van der Waals surface area contributed by atoms with Gasteiger partial charge in [-0.3, -0.25) is 0 Å². The third-order valence-electron chi connectivity index (χ3n) is 1.28. The van der Waals surface area contributed by atoms with Crippen LogP contribution in [-0.4, -0.2) is 10.1 Å². The van der Waals surface area contributed by atoms with Crippen LogP contribution >= 0.6 is 31.9 Å². The maximum absolute atomic E-state index is 9.24. The van der Waals surface area contributed by atoms with E-state index >= 15 is 0 Å². The molecule has 0 amide bonds. The molecule has 1 rings (SSSR count). The van der Waals surface area contributed by atoms with Crippen LogP contribution in [0, 0.1) is 0 Å². The maximum atomic E-state index is 9.24. The summed E-state index contributed by atoms with van der Waals surface area (Å²) in [6, 6.07) is 1.84. The Hall–Kier alpha value is 0.0700. The highest BCUT2D eigenvalue weighted by Gasteiger charge is 2.06. The van der Waals surface area contributed by atoms with E-state index in [0.717, 1.165) is 10.0 Å². The summed E-state index contributed by atoms with van der Waals surface area (Å²) in [7, 11) is 0. The molecule has 0 aliphatic carbocycles. The Balaban J connectivity index is 3.13. The zero-order valence-corrected chi connectivity index (χ0v) is 9.05. The van der Waals surface area contributed by atoms with Crippen molar-refractivity contribution in [2.24, 2.45) is 0 Å². The second-order valence-electron chi connectivity index (χ2n) is 2.21. The molecule has 0 fully saturated rings. The molecule has 0 bridgehead atoms. The molecule has 0 radical (unpaired) electrons. The highest BCUT2D eigenvalue weighted by Crippen LogP contribution is 2.23. The second kappa shape index (κ2) is 3.65. The summed E-state index contributed by atoms with van der Waals surface area (Å²) in [6.07, 6.45) is 1.19. The molecule has 0 saturated heterocycles. The topological polar surface area (TPSA) is 33.1 Å². The van der Waals surface area contributed by atoms with Crippen molar-refractivity contribution in [1.82, 2.24) is 4.98 Å². The highest BCUT2D eigenvalue weighted by atomic mass is 79.9. The first-order chi connectivity index (χ1) is 5.11. The number of aliphatic hydroxyl groups is 1. The predicted molar refractivity (Wildman–Crippen MR) is 50.3 cm³/mol. The van der Waals surface area contributed by atoms with Crippen LogP contribution < -0.4 is 0 Å². The number of hydrogen-bond donors (Lipinski definition) is 1. The standard InChI is InChI=1S/C7H7Br2NO/c1-4(11)6-2-5(8)3-10-7(6)9/h2-4,11H,1H3. The second-order valence-corrected chi connectivity index (χ2v) is 3.88. The van der Waals surface area contributed by atoms with Crippen LogP contribution in [0.5, 0.6) is 0 Å². The number of hydrogen-bond acceptors (Lipinski definition) is 2. The predicted octanol–water partition coefficient (Wildman–Crippen LogP) is 2.66. The summed E-state index contributed by atoms with van der Waals surface area (Å²) >= 11 is 6.51. The van der Waals surface area contributed by atoms with Crippen molar-refractivity contribution < 1.29 is 5.11 Å². The fourth-order valence-electron chi connectivity index (χ4n) is 0.731. The third kappa shape index (κ3) is 2.25. The molecule has 4 heteroatoms. The van der Waals surface area contributed by atoms with Gasteiger partial charge in [0.05, 0.1) is 6.10 Å². The number of halogens is 2. The van der Waals surface area contributed by atoms with E-state index in [-0.39, 0.29) is 0 Å². The lowest BCUT2D eigenvalue weighted by molar-refractivity contribution is 0.198. The van der Waals surface area contributed by atoms with E-state index in [2.05, 4.69) is 36.8 Å². The van der Waals surface area contributed by atoms with Gasteiger partial charge in [-0.15, -0.1) is 0 Å². The molecule has 11 heavy (non-hydrogen) atoms. The van der Waals surface area contributed by atoms with Gasteiger partial charge in [0, 0.05) is 16.2 Å². The molecule has 0 aromatic carbocycles. The van der Waals surface area contributed by atoms with Crippen molar-refractivity contribution in [3.63, 3.8) is 0 Å². The molecule has 1 N–H and O–H groups in total. The molecule has 0 aliphatic heterocycles. The van der Waals surface area contributed by atoms with Crippen LogP contribution in [0.4, 0.5) is 0 Å². The van der Waals surface area contributed by atoms with Gasteiger partial charge in [0.25, 0.3) is 0 Å². The van der Waals surface area contributed by atoms with E-state index in [9.17, 15) is 5.11 Å². The molecule has 1 atom stereocenters. The van der Waals surface area contributed by atoms with Crippen LogP contribution in [0.3, 0.4) is 0 Å². The monoisotopic (exact) mass is 279 g/mol. The van der Waals surface area contributed by atoms with Crippen LogP contribution in [0.25, 0.3) is 0 Å². The molecule has 1 unspecified atom stereocenters. The minimum atomic E-state index is -0.491. The molecule has 0 saturated carbocycles. The summed E-state index contributed by atoms with van der Waals surface area (Å²) in [5.41, 5.74) is 0.791. The first-order valence-corrected chi connectivity index (χ1v) is 4.69. The smallest absolute Gasteiger partial charge is 0.111 e. The van der Waals surface area contributed by atoms with Crippen LogP contribution in [0.2, 0.25) is 0 Å². The number of nitrogens with zero attached hydrogens (tertiary/aromatic N) is 1. The Bertz CT molecular complexity index is 263. The van der Waals surface area contributed by atoms with Crippen LogP contribution in [-0.2, 0) is 0 Å². The molecule has 1 aromatic rings. The quantitative estimate of drug-likeness (QED) is 0.803. The largest absolute Gasteiger partial charge is 0.389 e. The molecule has 1 aromatic heterocycles. The van der Waals surface area contributed by atoms with E-state index in [1.165, 1.54) is 0 Å². The first kappa shape index (κ1) is 9.16. The lowest BCUT2D eigenvalue weighted by Gasteiger charge is -2.05. The molecule has 2 nitrogen and oxygen atoms in total. The Morgan fingerprint density at radius 2 is 2.18 bits per heavy atom. The fourth-order valence-corrected chi connectivity index (χ4v) is 1.63. The van der Waals surface area contributed by atoms with Gasteiger partial charge in [0.15, 0.2) is 0 Å². The Morgan fingerprint density at radius 1 is 1.55 bits per heavy atom. The van der Waals surface area contributed by atoms with Crippen molar-refractivity contribution in [1.29, 1.82) is 0 Å². The lowest BCUT2D eigenvalue weighted by Crippen LogP contribution is -1.94. The Labute approximate surface area is 81.9 Å². The molecule has 0 aliphatic rings. The molecule has 0 spiro atoms. The Kier molecular flexibility index (Phi) is 3.04. The Morgan fingerprint density at radius 3 is 2.64 bits per heavy atom. The van der Waals surface area contributed by atoms with E-state index in [1.807, 2.05) is 6.07 Å². The average molecular weight is 281 g/mol. The van der Waals surface area contributed by atoms with Gasteiger partial charge >= 0.3 is 0 Å². The van der Waals surface area contributed by atoms with Gasteiger partial charge in [-0.05, 0) is 44.8 Å². The highest BCUT2D eigenvalue weighted by molar-refractivity contribution is 9.11. The van der Waals surface area contributed by atoms with E-state index in [4.69, 9.17) is 0 Å². The van der Waals surface area contributed by atoms with E-state index in [1.54, 1.807) is 13.1 Å². The van der Waals surface area contributed by atoms with Crippen molar-refractivity contribution in [2.45, 2.75) is 13.0 Å². The number of pyridine rings is 1. The minimum absolute atomic E-state index is 0.491. The van der Waals surface area contributed by atoms with Crippen molar-refractivity contribution in [3.05, 3.63) is 26.9 Å². The van der Waals surface area contributed by atoms with Crippen molar-refractivity contribution in [2.75, 3.05) is 0 Å². The fraction of sp³-hybridized carbons (Fsp3) is 0.286. The number of rotatable bonds is 1. The first-order valence-electron chi connectivity index (χ1n) is 3.10. The van der Waals surface area contributed by atoms with Crippen molar-refractivity contribution >= 4 is 31.9 Å². The summed E-state index contributed by atoms with van der Waals surface area (Å²) in [5.74, 6) is 0. The number of aromatic nitrogens is 1. The molecule has 1 heterocycles. The van der Waals surface area contributed by atoms with Gasteiger partial charge in [0.2, 0.25) is 0 Å². The average Bonchev–Trinajstić information content (AvgIpc) is 1.94. The van der Waals surface area contributed by atoms with Gasteiger partial charge in [0.1, 0.15) is 4.60 Å². The SMILES string of the molecule is CC(O)c1cc(Br)cnc1Br. The lowest BCUT2D eigenvalue weighted by atomic mass is 10.2. The summed E-state index contributed by atoms with van der Waals surface area (Å²) in [5, 5.41) is 9.24. The van der Waals surface area contributed by atoms with E-state index < -0.39 is 6.10 Å². The third-order valence-corrected chi connectivity index (χ3v) is 2.38. The van der Waals surface area contributed by atoms with Gasteiger partial charge in [-0.1, -0.05) is 0 Å². The zero-order chi connectivity index (χ0) is 8.43. The normalized spacial score (nSPS) is 13.1. The molecule has 60 valence electrons. The van der Waals surface area contributed by atoms with Gasteiger partial charge < -0.3 is 5.11 Å². The molecular weight excluding hydrogens is 274 g/mol. The van der Waals surface area contributed by atoms with E-state index in [0.29, 0.717) is 4.60 Å².